The van der Waals surface area contributed by atoms with Gasteiger partial charge in [0.1, 0.15) is 5.25 Å². The molecule has 0 aromatic heterocycles. The predicted molar refractivity (Wildman–Crippen MR) is 97.0 cm³/mol. The van der Waals surface area contributed by atoms with E-state index < -0.39 is 22.3 Å². The minimum Gasteiger partial charge on any atom is -0.440 e. The molecule has 1 aliphatic heterocycles. The maximum Gasteiger partial charge on any atom is 0.405 e. The van der Waals surface area contributed by atoms with Crippen LogP contribution >= 0.6 is 23.5 Å². The van der Waals surface area contributed by atoms with Gasteiger partial charge in [-0.3, -0.25) is 0 Å². The molecule has 0 amide bonds. The molecule has 3 rings (SSSR count). The number of cyclic esters (lactones) is 1. The van der Waals surface area contributed by atoms with Crippen LogP contribution in [0.25, 0.3) is 0 Å². The van der Waals surface area contributed by atoms with Crippen LogP contribution in [0.2, 0.25) is 0 Å². The molecule has 0 saturated carbocycles. The normalized spacial score (nSPS) is 21.2. The molecule has 136 valence electrons. The summed E-state index contributed by atoms with van der Waals surface area (Å²) in [4.78, 5) is 12.3. The molecule has 0 spiro atoms. The van der Waals surface area contributed by atoms with Gasteiger partial charge >= 0.3 is 12.1 Å². The van der Waals surface area contributed by atoms with Gasteiger partial charge in [-0.05, 0) is 37.3 Å². The van der Waals surface area contributed by atoms with Crippen LogP contribution in [0, 0.1) is 0 Å². The Morgan fingerprint density at radius 2 is 1.50 bits per heavy atom. The highest BCUT2D eigenvalue weighted by molar-refractivity contribution is 8.01. The second-order valence-corrected chi connectivity index (χ2v) is 8.44. The molecule has 0 fully saturated rings. The van der Waals surface area contributed by atoms with Crippen LogP contribution < -0.4 is 0 Å². The van der Waals surface area contributed by atoms with E-state index in [1.807, 2.05) is 30.3 Å². The second kappa shape index (κ2) is 7.40. The molecule has 0 aliphatic carbocycles. The number of thioether (sulfide) groups is 2. The number of ether oxygens (including phenoxy) is 1. The fourth-order valence-electron chi connectivity index (χ4n) is 2.51. The summed E-state index contributed by atoms with van der Waals surface area (Å²) in [6.45, 7) is 1.59. The molecule has 0 bridgehead atoms. The fourth-order valence-corrected chi connectivity index (χ4v) is 4.59. The van der Waals surface area contributed by atoms with E-state index >= 15 is 0 Å². The van der Waals surface area contributed by atoms with E-state index in [4.69, 9.17) is 4.74 Å². The summed E-state index contributed by atoms with van der Waals surface area (Å²) in [7, 11) is 0. The number of alkyl halides is 3. The first-order chi connectivity index (χ1) is 12.3. The van der Waals surface area contributed by atoms with Crippen LogP contribution in [0.1, 0.15) is 6.92 Å². The smallest absolute Gasteiger partial charge is 0.405 e. The van der Waals surface area contributed by atoms with Crippen molar-refractivity contribution in [3.63, 3.8) is 0 Å². The van der Waals surface area contributed by atoms with Crippen molar-refractivity contribution >= 4 is 29.5 Å². The van der Waals surface area contributed by atoms with Crippen molar-refractivity contribution in [1.82, 2.24) is 0 Å². The van der Waals surface area contributed by atoms with Crippen LogP contribution in [0.4, 0.5) is 13.2 Å². The molecule has 2 aromatic rings. The largest absolute Gasteiger partial charge is 0.440 e. The van der Waals surface area contributed by atoms with Crippen molar-refractivity contribution in [1.29, 1.82) is 0 Å². The Morgan fingerprint density at radius 3 is 2.04 bits per heavy atom. The third kappa shape index (κ3) is 4.45. The van der Waals surface area contributed by atoms with Gasteiger partial charge in [-0.25, -0.2) is 4.79 Å². The summed E-state index contributed by atoms with van der Waals surface area (Å²) in [5.74, 6) is -0.929. The summed E-state index contributed by atoms with van der Waals surface area (Å²) in [5.41, 5.74) is -0.364. The Bertz CT molecular complexity index is 807. The summed E-state index contributed by atoms with van der Waals surface area (Å²) in [6, 6.07) is 17.3. The zero-order chi connectivity index (χ0) is 18.8. The molecule has 0 N–H and O–H groups in total. The van der Waals surface area contributed by atoms with Gasteiger partial charge in [0.15, 0.2) is 4.93 Å². The third-order valence-corrected chi connectivity index (χ3v) is 6.00. The van der Waals surface area contributed by atoms with E-state index in [1.165, 1.54) is 17.8 Å². The van der Waals surface area contributed by atoms with Crippen molar-refractivity contribution in [2.45, 2.75) is 33.1 Å². The van der Waals surface area contributed by atoms with Gasteiger partial charge < -0.3 is 4.74 Å². The number of hydrogen-bond donors (Lipinski definition) is 0. The lowest BCUT2D eigenvalue weighted by atomic mass is 10.1. The van der Waals surface area contributed by atoms with Gasteiger partial charge in [-0.15, -0.1) is 11.8 Å². The van der Waals surface area contributed by atoms with Gasteiger partial charge in [-0.1, -0.05) is 48.2 Å². The highest BCUT2D eigenvalue weighted by Crippen LogP contribution is 2.46. The quantitative estimate of drug-likeness (QED) is 0.478. The Hall–Kier alpha value is -1.86. The summed E-state index contributed by atoms with van der Waals surface area (Å²) in [6.07, 6.45) is -3.28. The molecule has 0 saturated heterocycles. The number of carbonyl (C=O) groups is 1. The van der Waals surface area contributed by atoms with E-state index in [2.05, 4.69) is 0 Å². The van der Waals surface area contributed by atoms with Crippen LogP contribution in [0.3, 0.4) is 0 Å². The van der Waals surface area contributed by atoms with Crippen molar-refractivity contribution < 1.29 is 22.7 Å². The first kappa shape index (κ1) is 18.9. The number of halogens is 3. The molecule has 2 nitrogen and oxygen atoms in total. The first-order valence-corrected chi connectivity index (χ1v) is 9.45. The molecular formula is C19H15F3O2S2. The zero-order valence-electron chi connectivity index (χ0n) is 13.7. The molecule has 0 radical (unpaired) electrons. The summed E-state index contributed by atoms with van der Waals surface area (Å²) < 4.78 is 46.2. The lowest BCUT2D eigenvalue weighted by Gasteiger charge is -2.20. The minimum absolute atomic E-state index is 0.364. The average molecular weight is 396 g/mol. The number of benzene rings is 2. The predicted octanol–water partition coefficient (Wildman–Crippen LogP) is 5.70. The standard InChI is InChI=1S/C19H15F3O2S2/c1-18(26-14-10-6-3-7-11-14)12-15(17(23)24-18)16(19(20,21)22)25-13-8-4-2-5-9-13/h2-12,16H,1H3. The Morgan fingerprint density at radius 1 is 0.962 bits per heavy atom. The van der Waals surface area contributed by atoms with Crippen molar-refractivity contribution in [2.24, 2.45) is 0 Å². The number of esters is 1. The SMILES string of the molecule is CC1(Sc2ccccc2)C=C(C(Sc2ccccc2)C(F)(F)F)C(=O)O1. The monoisotopic (exact) mass is 396 g/mol. The van der Waals surface area contributed by atoms with Gasteiger partial charge in [0, 0.05) is 9.79 Å². The lowest BCUT2D eigenvalue weighted by molar-refractivity contribution is -0.145. The first-order valence-electron chi connectivity index (χ1n) is 7.75. The van der Waals surface area contributed by atoms with E-state index in [-0.39, 0.29) is 5.57 Å². The second-order valence-electron chi connectivity index (χ2n) is 5.77. The van der Waals surface area contributed by atoms with E-state index in [0.717, 1.165) is 4.90 Å². The molecule has 2 unspecified atom stereocenters. The average Bonchev–Trinajstić information content (AvgIpc) is 2.87. The van der Waals surface area contributed by atoms with Gasteiger partial charge in [-0.2, -0.15) is 13.2 Å². The summed E-state index contributed by atoms with van der Waals surface area (Å²) in [5, 5.41) is -1.98. The molecule has 2 atom stereocenters. The topological polar surface area (TPSA) is 26.3 Å². The zero-order valence-corrected chi connectivity index (χ0v) is 15.3. The van der Waals surface area contributed by atoms with Crippen molar-refractivity contribution in [3.8, 4) is 0 Å². The summed E-state index contributed by atoms with van der Waals surface area (Å²) >= 11 is 1.80. The fraction of sp³-hybridized carbons (Fsp3) is 0.211. The highest BCUT2D eigenvalue weighted by Gasteiger charge is 2.50. The van der Waals surface area contributed by atoms with E-state index in [0.29, 0.717) is 16.7 Å². The van der Waals surface area contributed by atoms with Gasteiger partial charge in [0.2, 0.25) is 0 Å². The maximum absolute atomic E-state index is 13.6. The number of hydrogen-bond acceptors (Lipinski definition) is 4. The van der Waals surface area contributed by atoms with Crippen molar-refractivity contribution in [2.75, 3.05) is 0 Å². The maximum atomic E-state index is 13.6. The molecule has 26 heavy (non-hydrogen) atoms. The Balaban J connectivity index is 1.89. The van der Waals surface area contributed by atoms with E-state index in [1.54, 1.807) is 37.3 Å². The highest BCUT2D eigenvalue weighted by atomic mass is 32.2. The number of rotatable bonds is 5. The van der Waals surface area contributed by atoms with Crippen LogP contribution in [-0.4, -0.2) is 22.3 Å². The Kier molecular flexibility index (Phi) is 5.39. The molecule has 1 aliphatic rings. The molecular weight excluding hydrogens is 381 g/mol. The third-order valence-electron chi connectivity index (χ3n) is 3.59. The number of carbonyl (C=O) groups excluding carboxylic acids is 1. The minimum atomic E-state index is -4.58. The van der Waals surface area contributed by atoms with Gasteiger partial charge in [0.05, 0.1) is 5.57 Å². The lowest BCUT2D eigenvalue weighted by Crippen LogP contribution is -2.30. The Labute approximate surface area is 157 Å². The van der Waals surface area contributed by atoms with E-state index in [9.17, 15) is 18.0 Å². The molecule has 2 aromatic carbocycles. The van der Waals surface area contributed by atoms with Crippen molar-refractivity contribution in [3.05, 3.63) is 72.3 Å². The van der Waals surface area contributed by atoms with Gasteiger partial charge in [0.25, 0.3) is 0 Å². The van der Waals surface area contributed by atoms with Crippen LogP contribution in [0.15, 0.2) is 82.1 Å². The molecule has 1 heterocycles. The van der Waals surface area contributed by atoms with Crippen LogP contribution in [0.5, 0.6) is 0 Å². The van der Waals surface area contributed by atoms with Crippen LogP contribution in [-0.2, 0) is 9.53 Å². The molecule has 7 heteroatoms.